The Morgan fingerprint density at radius 2 is 2.42 bits per heavy atom. The number of anilines is 1. The van der Waals surface area contributed by atoms with Gasteiger partial charge in [0.1, 0.15) is 11.1 Å². The molecule has 1 heterocycles. The van der Waals surface area contributed by atoms with E-state index in [-0.39, 0.29) is 5.91 Å². The second kappa shape index (κ2) is 6.15. The summed E-state index contributed by atoms with van der Waals surface area (Å²) in [7, 11) is 1.57. The van der Waals surface area contributed by atoms with E-state index in [1.807, 2.05) is 0 Å². The zero-order chi connectivity index (χ0) is 13.8. The Morgan fingerprint density at radius 3 is 3.11 bits per heavy atom. The highest BCUT2D eigenvalue weighted by atomic mass is 32.1. The number of amides is 1. The van der Waals surface area contributed by atoms with E-state index in [1.54, 1.807) is 7.11 Å². The van der Waals surface area contributed by atoms with Crippen LogP contribution in [0.2, 0.25) is 0 Å². The van der Waals surface area contributed by atoms with E-state index < -0.39 is 6.04 Å². The lowest BCUT2D eigenvalue weighted by atomic mass is 10.1. The molecule has 0 saturated heterocycles. The molecule has 1 atom stereocenters. The van der Waals surface area contributed by atoms with Gasteiger partial charge in [-0.25, -0.2) is 0 Å². The number of ether oxygens (including phenoxy) is 1. The summed E-state index contributed by atoms with van der Waals surface area (Å²) in [6.45, 7) is 0.445. The molecular formula is C13H17N3O2S. The first-order valence-corrected chi connectivity index (χ1v) is 7.09. The lowest BCUT2D eigenvalue weighted by molar-refractivity contribution is -0.117. The number of carbonyl (C=O) groups excluding carboxylic acids is 1. The van der Waals surface area contributed by atoms with Crippen LogP contribution in [0, 0.1) is 11.3 Å². The zero-order valence-corrected chi connectivity index (χ0v) is 11.7. The molecule has 1 aliphatic carbocycles. The van der Waals surface area contributed by atoms with Gasteiger partial charge >= 0.3 is 0 Å². The summed E-state index contributed by atoms with van der Waals surface area (Å²) in [6.07, 6.45) is 3.49. The smallest absolute Gasteiger partial charge is 0.242 e. The van der Waals surface area contributed by atoms with Crippen molar-refractivity contribution in [3.8, 4) is 6.07 Å². The molecule has 1 unspecified atom stereocenters. The van der Waals surface area contributed by atoms with Gasteiger partial charge in [0, 0.05) is 18.6 Å². The fourth-order valence-electron chi connectivity index (χ4n) is 2.19. The van der Waals surface area contributed by atoms with E-state index in [4.69, 9.17) is 10.5 Å². The lowest BCUT2D eigenvalue weighted by Gasteiger charge is -2.10. The van der Waals surface area contributed by atoms with E-state index >= 15 is 0 Å². The van der Waals surface area contributed by atoms with Crippen LogP contribution in [0.5, 0.6) is 0 Å². The molecule has 0 spiro atoms. The van der Waals surface area contributed by atoms with Crippen LogP contribution >= 0.6 is 11.3 Å². The molecular weight excluding hydrogens is 262 g/mol. The topological polar surface area (TPSA) is 88.1 Å². The number of nitrogens with zero attached hydrogens (tertiary/aromatic N) is 1. The molecule has 102 valence electrons. The van der Waals surface area contributed by atoms with Crippen molar-refractivity contribution in [1.29, 1.82) is 5.26 Å². The predicted octanol–water partition coefficient (Wildman–Crippen LogP) is 1.41. The molecule has 2 rings (SSSR count). The Kier molecular flexibility index (Phi) is 4.53. The van der Waals surface area contributed by atoms with Crippen molar-refractivity contribution in [3.63, 3.8) is 0 Å². The number of hydrogen-bond donors (Lipinski definition) is 2. The molecule has 0 fully saturated rings. The Bertz CT molecular complexity index is 519. The monoisotopic (exact) mass is 279 g/mol. The van der Waals surface area contributed by atoms with Crippen LogP contribution in [0.25, 0.3) is 0 Å². The van der Waals surface area contributed by atoms with Crippen LogP contribution < -0.4 is 11.1 Å². The minimum absolute atomic E-state index is 0.256. The maximum Gasteiger partial charge on any atom is 0.242 e. The second-order valence-corrected chi connectivity index (χ2v) is 5.66. The fraction of sp³-hybridized carbons (Fsp3) is 0.538. The standard InChI is InChI=1S/C13H17N3O2S/c1-18-6-5-10(15)12(17)16-13-9(7-14)8-3-2-4-11(8)19-13/h10H,2-6,15H2,1H3,(H,16,17). The van der Waals surface area contributed by atoms with Crippen LogP contribution in [0.4, 0.5) is 5.00 Å². The van der Waals surface area contributed by atoms with Gasteiger partial charge in [-0.2, -0.15) is 5.26 Å². The molecule has 0 aromatic carbocycles. The Morgan fingerprint density at radius 1 is 1.63 bits per heavy atom. The minimum atomic E-state index is -0.608. The van der Waals surface area contributed by atoms with Gasteiger partial charge < -0.3 is 15.8 Å². The Balaban J connectivity index is 2.08. The van der Waals surface area contributed by atoms with Crippen molar-refractivity contribution >= 4 is 22.2 Å². The lowest BCUT2D eigenvalue weighted by Crippen LogP contribution is -2.36. The van der Waals surface area contributed by atoms with E-state index in [9.17, 15) is 10.1 Å². The third-order valence-corrected chi connectivity index (χ3v) is 4.45. The summed E-state index contributed by atoms with van der Waals surface area (Å²) in [6, 6.07) is 1.59. The third kappa shape index (κ3) is 2.95. The van der Waals surface area contributed by atoms with Crippen molar-refractivity contribution in [3.05, 3.63) is 16.0 Å². The average Bonchev–Trinajstić information content (AvgIpc) is 2.95. The van der Waals surface area contributed by atoms with Gasteiger partial charge in [0.15, 0.2) is 0 Å². The van der Waals surface area contributed by atoms with Crippen LogP contribution in [-0.2, 0) is 22.4 Å². The first-order valence-electron chi connectivity index (χ1n) is 6.27. The summed E-state index contributed by atoms with van der Waals surface area (Å²) >= 11 is 1.50. The molecule has 1 amide bonds. The van der Waals surface area contributed by atoms with Gasteiger partial charge in [-0.05, 0) is 31.2 Å². The molecule has 0 radical (unpaired) electrons. The third-order valence-electron chi connectivity index (χ3n) is 3.24. The van der Waals surface area contributed by atoms with Crippen LogP contribution in [0.15, 0.2) is 0 Å². The molecule has 5 nitrogen and oxygen atoms in total. The number of nitrogens with one attached hydrogen (secondary N) is 1. The number of carbonyl (C=O) groups is 1. The van der Waals surface area contributed by atoms with E-state index in [0.717, 1.165) is 24.8 Å². The number of methoxy groups -OCH3 is 1. The van der Waals surface area contributed by atoms with Crippen LogP contribution in [0.1, 0.15) is 28.8 Å². The van der Waals surface area contributed by atoms with Crippen LogP contribution in [0.3, 0.4) is 0 Å². The highest BCUT2D eigenvalue weighted by Crippen LogP contribution is 2.38. The maximum absolute atomic E-state index is 11.9. The number of rotatable bonds is 5. The molecule has 0 saturated carbocycles. The van der Waals surface area contributed by atoms with E-state index in [0.29, 0.717) is 23.6 Å². The number of nitrogens with two attached hydrogens (primary N) is 1. The van der Waals surface area contributed by atoms with Gasteiger partial charge in [-0.1, -0.05) is 0 Å². The Labute approximate surface area is 116 Å². The maximum atomic E-state index is 11.9. The van der Waals surface area contributed by atoms with Crippen LogP contribution in [-0.4, -0.2) is 25.7 Å². The number of fused-ring (bicyclic) bond motifs is 1. The molecule has 0 bridgehead atoms. The largest absolute Gasteiger partial charge is 0.385 e. The summed E-state index contributed by atoms with van der Waals surface area (Å²) < 4.78 is 4.90. The molecule has 0 aliphatic heterocycles. The molecule has 1 aromatic rings. The average molecular weight is 279 g/mol. The molecule has 1 aromatic heterocycles. The van der Waals surface area contributed by atoms with Crippen molar-refractivity contribution in [2.45, 2.75) is 31.7 Å². The highest BCUT2D eigenvalue weighted by Gasteiger charge is 2.24. The number of nitriles is 1. The molecule has 3 N–H and O–H groups in total. The quantitative estimate of drug-likeness (QED) is 0.853. The van der Waals surface area contributed by atoms with Crippen molar-refractivity contribution < 1.29 is 9.53 Å². The van der Waals surface area contributed by atoms with Gasteiger partial charge in [0.05, 0.1) is 11.6 Å². The first kappa shape index (κ1) is 14.0. The number of hydrogen-bond acceptors (Lipinski definition) is 5. The van der Waals surface area contributed by atoms with Gasteiger partial charge in [-0.3, -0.25) is 4.79 Å². The SMILES string of the molecule is COCCC(N)C(=O)Nc1sc2c(c1C#N)CCC2. The minimum Gasteiger partial charge on any atom is -0.385 e. The summed E-state index contributed by atoms with van der Waals surface area (Å²) in [5.74, 6) is -0.256. The zero-order valence-electron chi connectivity index (χ0n) is 10.9. The number of thiophene rings is 1. The van der Waals surface area contributed by atoms with Gasteiger partial charge in [0.25, 0.3) is 0 Å². The second-order valence-electron chi connectivity index (χ2n) is 4.55. The molecule has 6 heteroatoms. The first-order chi connectivity index (χ1) is 9.17. The molecule has 19 heavy (non-hydrogen) atoms. The van der Waals surface area contributed by atoms with Crippen molar-refractivity contribution in [2.24, 2.45) is 5.73 Å². The Hall–Kier alpha value is -1.42. The molecule has 1 aliphatic rings. The summed E-state index contributed by atoms with van der Waals surface area (Å²) in [4.78, 5) is 13.1. The van der Waals surface area contributed by atoms with Crippen molar-refractivity contribution in [2.75, 3.05) is 19.0 Å². The summed E-state index contributed by atoms with van der Waals surface area (Å²) in [5, 5.41) is 12.6. The number of aryl methyl sites for hydroxylation is 1. The highest BCUT2D eigenvalue weighted by molar-refractivity contribution is 7.16. The van der Waals surface area contributed by atoms with Gasteiger partial charge in [0.2, 0.25) is 5.91 Å². The fourth-order valence-corrected chi connectivity index (χ4v) is 3.43. The normalized spacial score (nSPS) is 14.8. The van der Waals surface area contributed by atoms with Gasteiger partial charge in [-0.15, -0.1) is 11.3 Å². The predicted molar refractivity (Wildman–Crippen MR) is 74.2 cm³/mol. The van der Waals surface area contributed by atoms with E-state index in [2.05, 4.69) is 11.4 Å². The van der Waals surface area contributed by atoms with E-state index in [1.165, 1.54) is 16.2 Å². The van der Waals surface area contributed by atoms with Crippen molar-refractivity contribution in [1.82, 2.24) is 0 Å². The summed E-state index contributed by atoms with van der Waals surface area (Å²) in [5.41, 5.74) is 7.48.